The topological polar surface area (TPSA) is 80.2 Å². The van der Waals surface area contributed by atoms with Crippen LogP contribution < -0.4 is 20.9 Å². The van der Waals surface area contributed by atoms with E-state index in [-0.39, 0.29) is 18.0 Å². The average molecular weight is 365 g/mol. The molecule has 1 saturated heterocycles. The van der Waals surface area contributed by atoms with Crippen molar-refractivity contribution in [3.63, 3.8) is 0 Å². The van der Waals surface area contributed by atoms with Gasteiger partial charge in [0, 0.05) is 48.6 Å². The van der Waals surface area contributed by atoms with Gasteiger partial charge in [0.2, 0.25) is 5.91 Å². The molecular weight excluding hydrogens is 342 g/mol. The van der Waals surface area contributed by atoms with E-state index in [1.165, 1.54) is 0 Å². The second kappa shape index (κ2) is 7.77. The van der Waals surface area contributed by atoms with E-state index in [0.29, 0.717) is 19.5 Å². The Bertz CT molecular complexity index is 925. The van der Waals surface area contributed by atoms with E-state index >= 15 is 0 Å². The number of nitrogens with zero attached hydrogens (tertiary/aromatic N) is 2. The monoisotopic (exact) mass is 365 g/mol. The van der Waals surface area contributed by atoms with Crippen LogP contribution in [0, 0.1) is 0 Å². The van der Waals surface area contributed by atoms with Gasteiger partial charge in [-0.2, -0.15) is 0 Å². The molecule has 27 heavy (non-hydrogen) atoms. The van der Waals surface area contributed by atoms with Crippen LogP contribution in [0.3, 0.4) is 0 Å². The Labute approximate surface area is 157 Å². The van der Waals surface area contributed by atoms with E-state index < -0.39 is 0 Å². The van der Waals surface area contributed by atoms with Crippen LogP contribution in [0.5, 0.6) is 5.75 Å². The number of benzene rings is 1. The summed E-state index contributed by atoms with van der Waals surface area (Å²) >= 11 is 0. The van der Waals surface area contributed by atoms with Gasteiger partial charge in [-0.3, -0.25) is 9.78 Å². The smallest absolute Gasteiger partial charge is 0.238 e. The largest absolute Gasteiger partial charge is 0.497 e. The number of carbonyl (C=O) groups excluding carboxylic acids is 1. The van der Waals surface area contributed by atoms with Gasteiger partial charge in [0.05, 0.1) is 7.11 Å². The van der Waals surface area contributed by atoms with Gasteiger partial charge in [0.25, 0.3) is 0 Å². The van der Waals surface area contributed by atoms with E-state index in [0.717, 1.165) is 22.2 Å². The molecule has 2 aromatic heterocycles. The van der Waals surface area contributed by atoms with Crippen LogP contribution in [0.15, 0.2) is 55.0 Å². The molecule has 0 bridgehead atoms. The van der Waals surface area contributed by atoms with Crippen LogP contribution in [0.4, 0.5) is 0 Å². The van der Waals surface area contributed by atoms with Crippen LogP contribution in [0.2, 0.25) is 0 Å². The van der Waals surface area contributed by atoms with Crippen molar-refractivity contribution in [3.05, 3.63) is 60.6 Å². The minimum Gasteiger partial charge on any atom is -0.497 e. The highest BCUT2D eigenvalue weighted by molar-refractivity contribution is 5.82. The van der Waals surface area contributed by atoms with Crippen molar-refractivity contribution in [2.75, 3.05) is 13.7 Å². The number of amides is 1. The van der Waals surface area contributed by atoms with Crippen molar-refractivity contribution >= 4 is 16.8 Å². The number of pyridine rings is 1. The van der Waals surface area contributed by atoms with Crippen molar-refractivity contribution < 1.29 is 9.53 Å². The Balaban J connectivity index is 1.30. The zero-order valence-electron chi connectivity index (χ0n) is 15.2. The van der Waals surface area contributed by atoms with Gasteiger partial charge in [-0.1, -0.05) is 6.07 Å². The van der Waals surface area contributed by atoms with Crippen molar-refractivity contribution in [2.45, 2.75) is 25.0 Å². The van der Waals surface area contributed by atoms with Crippen molar-refractivity contribution in [1.82, 2.24) is 25.7 Å². The lowest BCUT2D eigenvalue weighted by Gasteiger charge is -2.12. The molecule has 2 atom stereocenters. The first-order chi connectivity index (χ1) is 13.2. The van der Waals surface area contributed by atoms with Gasteiger partial charge < -0.3 is 14.6 Å². The lowest BCUT2D eigenvalue weighted by Crippen LogP contribution is -2.44. The Morgan fingerprint density at radius 3 is 3.07 bits per heavy atom. The molecule has 3 aromatic rings. The van der Waals surface area contributed by atoms with Gasteiger partial charge in [0.15, 0.2) is 0 Å². The lowest BCUT2D eigenvalue weighted by atomic mass is 10.0. The fourth-order valence-corrected chi connectivity index (χ4v) is 3.45. The first-order valence-corrected chi connectivity index (χ1v) is 9.06. The van der Waals surface area contributed by atoms with Crippen LogP contribution in [-0.2, 0) is 11.3 Å². The summed E-state index contributed by atoms with van der Waals surface area (Å²) in [5.41, 5.74) is 8.46. The van der Waals surface area contributed by atoms with Crippen LogP contribution >= 0.6 is 0 Å². The summed E-state index contributed by atoms with van der Waals surface area (Å²) in [5.74, 6) is 0.851. The fraction of sp³-hybridized carbons (Fsp3) is 0.300. The average Bonchev–Trinajstić information content (AvgIpc) is 3.36. The number of hydrogen-bond donors (Lipinski definition) is 3. The Morgan fingerprint density at radius 2 is 2.26 bits per heavy atom. The lowest BCUT2D eigenvalue weighted by molar-refractivity contribution is -0.122. The maximum atomic E-state index is 12.4. The maximum Gasteiger partial charge on any atom is 0.238 e. The third-order valence-corrected chi connectivity index (χ3v) is 4.94. The summed E-state index contributed by atoms with van der Waals surface area (Å²) in [7, 11) is 1.67. The molecule has 1 fully saturated rings. The predicted molar refractivity (Wildman–Crippen MR) is 103 cm³/mol. The van der Waals surface area contributed by atoms with Crippen LogP contribution in [0.25, 0.3) is 10.9 Å². The molecule has 140 valence electrons. The van der Waals surface area contributed by atoms with Gasteiger partial charge in [-0.25, -0.2) is 10.9 Å². The number of ether oxygens (including phenoxy) is 1. The molecule has 1 aliphatic rings. The number of nitrogens with one attached hydrogen (secondary N) is 3. The quantitative estimate of drug-likeness (QED) is 0.620. The van der Waals surface area contributed by atoms with E-state index in [1.54, 1.807) is 13.3 Å². The second-order valence-electron chi connectivity index (χ2n) is 6.64. The molecule has 0 radical (unpaired) electrons. The van der Waals surface area contributed by atoms with E-state index in [1.807, 2.05) is 42.7 Å². The molecule has 0 saturated carbocycles. The Kier molecular flexibility index (Phi) is 5.04. The highest BCUT2D eigenvalue weighted by Crippen LogP contribution is 2.22. The maximum absolute atomic E-state index is 12.4. The first-order valence-electron chi connectivity index (χ1n) is 9.06. The van der Waals surface area contributed by atoms with Crippen LogP contribution in [-0.4, -0.2) is 35.2 Å². The minimum atomic E-state index is -0.249. The van der Waals surface area contributed by atoms with Crippen molar-refractivity contribution in [2.24, 2.45) is 0 Å². The summed E-state index contributed by atoms with van der Waals surface area (Å²) in [6, 6.07) is 11.8. The van der Waals surface area contributed by atoms with Crippen LogP contribution in [0.1, 0.15) is 18.0 Å². The van der Waals surface area contributed by atoms with Gasteiger partial charge in [-0.15, -0.1) is 0 Å². The minimum absolute atomic E-state index is 0.00650. The summed E-state index contributed by atoms with van der Waals surface area (Å²) in [4.78, 5) is 16.6. The molecule has 1 aliphatic heterocycles. The molecule has 7 nitrogen and oxygen atoms in total. The third kappa shape index (κ3) is 3.79. The zero-order chi connectivity index (χ0) is 18.6. The molecule has 3 heterocycles. The molecule has 3 N–H and O–H groups in total. The molecule has 1 amide bonds. The molecular formula is C20H23N5O2. The summed E-state index contributed by atoms with van der Waals surface area (Å²) < 4.78 is 7.39. The SMILES string of the molecule is COc1ccc2c(ccn2CCNC(=O)C2CC(c3cccnc3)NN2)c1. The highest BCUT2D eigenvalue weighted by atomic mass is 16.5. The molecule has 0 spiro atoms. The number of aromatic nitrogens is 2. The number of fused-ring (bicyclic) bond motifs is 1. The number of rotatable bonds is 6. The van der Waals surface area contributed by atoms with E-state index in [9.17, 15) is 4.79 Å². The number of methoxy groups -OCH3 is 1. The first kappa shape index (κ1) is 17.5. The second-order valence-corrected chi connectivity index (χ2v) is 6.64. The third-order valence-electron chi connectivity index (χ3n) is 4.94. The molecule has 2 unspecified atom stereocenters. The zero-order valence-corrected chi connectivity index (χ0v) is 15.2. The predicted octanol–water partition coefficient (Wildman–Crippen LogP) is 1.77. The number of carbonyl (C=O) groups is 1. The van der Waals surface area contributed by atoms with Gasteiger partial charge in [0.1, 0.15) is 11.8 Å². The summed E-state index contributed by atoms with van der Waals surface area (Å²) in [6.45, 7) is 1.29. The van der Waals surface area contributed by atoms with E-state index in [2.05, 4.69) is 31.8 Å². The Hall–Kier alpha value is -2.90. The van der Waals surface area contributed by atoms with Crippen molar-refractivity contribution in [1.29, 1.82) is 0 Å². The van der Waals surface area contributed by atoms with Gasteiger partial charge in [-0.05, 0) is 42.3 Å². The molecule has 0 aliphatic carbocycles. The van der Waals surface area contributed by atoms with Crippen molar-refractivity contribution in [3.8, 4) is 5.75 Å². The number of hydrazine groups is 1. The molecule has 7 heteroatoms. The summed E-state index contributed by atoms with van der Waals surface area (Å²) in [6.07, 6.45) is 6.30. The normalized spacial score (nSPS) is 19.3. The number of hydrogen-bond acceptors (Lipinski definition) is 5. The molecule has 4 rings (SSSR count). The fourth-order valence-electron chi connectivity index (χ4n) is 3.45. The molecule has 1 aromatic carbocycles. The Morgan fingerprint density at radius 1 is 1.33 bits per heavy atom. The highest BCUT2D eigenvalue weighted by Gasteiger charge is 2.29. The summed E-state index contributed by atoms with van der Waals surface area (Å²) in [5, 5.41) is 4.15. The van der Waals surface area contributed by atoms with E-state index in [4.69, 9.17) is 4.74 Å². The standard InChI is InChI=1S/C20H23N5O2/c1-27-16-4-5-19-14(11-16)6-9-25(19)10-8-22-20(26)18-12-17(23-24-18)15-3-2-7-21-13-15/h2-7,9,11,13,17-18,23-24H,8,10,12H2,1H3,(H,22,26). The van der Waals surface area contributed by atoms with Gasteiger partial charge >= 0.3 is 0 Å².